The van der Waals surface area contributed by atoms with E-state index in [0.29, 0.717) is 19.8 Å². The van der Waals surface area contributed by atoms with Crippen molar-refractivity contribution in [3.05, 3.63) is 0 Å². The summed E-state index contributed by atoms with van der Waals surface area (Å²) in [6.07, 6.45) is 2.05. The van der Waals surface area contributed by atoms with Crippen molar-refractivity contribution < 1.29 is 14.2 Å². The first-order valence-corrected chi connectivity index (χ1v) is 5.15. The summed E-state index contributed by atoms with van der Waals surface area (Å²) in [5.41, 5.74) is -0.0704. The predicted octanol–water partition coefficient (Wildman–Crippen LogP) is 0.418. The first-order valence-electron chi connectivity index (χ1n) is 5.15. The quantitative estimate of drug-likeness (QED) is 0.635. The number of ether oxygens (including phenoxy) is 3. The standard InChI is InChI=1S/C10H21NO3/c1-12-7-8-14-9-10(13-2)3-5-11-6-4-10/h11H,3-9H2,1-2H3. The fraction of sp³-hybridized carbons (Fsp3) is 1.00. The van der Waals surface area contributed by atoms with Crippen molar-refractivity contribution in [2.45, 2.75) is 18.4 Å². The SMILES string of the molecule is COCCOCC1(OC)CCNCC1. The molecule has 1 saturated heterocycles. The van der Waals surface area contributed by atoms with Crippen molar-refractivity contribution in [3.63, 3.8) is 0 Å². The van der Waals surface area contributed by atoms with Gasteiger partial charge in [0.25, 0.3) is 0 Å². The van der Waals surface area contributed by atoms with E-state index in [9.17, 15) is 0 Å². The Hall–Kier alpha value is -0.160. The van der Waals surface area contributed by atoms with Crippen LogP contribution in [-0.2, 0) is 14.2 Å². The van der Waals surface area contributed by atoms with Gasteiger partial charge in [-0.05, 0) is 25.9 Å². The molecule has 0 amide bonds. The molecule has 0 atom stereocenters. The van der Waals surface area contributed by atoms with Gasteiger partial charge in [0.15, 0.2) is 0 Å². The van der Waals surface area contributed by atoms with E-state index in [4.69, 9.17) is 14.2 Å². The zero-order valence-corrected chi connectivity index (χ0v) is 9.17. The second-order valence-electron chi connectivity index (χ2n) is 3.68. The second-order valence-corrected chi connectivity index (χ2v) is 3.68. The van der Waals surface area contributed by atoms with Crippen LogP contribution in [0.2, 0.25) is 0 Å². The summed E-state index contributed by atoms with van der Waals surface area (Å²) in [7, 11) is 3.45. The average molecular weight is 203 g/mol. The molecule has 4 heteroatoms. The Kier molecular flexibility index (Phi) is 5.40. The van der Waals surface area contributed by atoms with Crippen molar-refractivity contribution in [3.8, 4) is 0 Å². The molecule has 4 nitrogen and oxygen atoms in total. The number of rotatable bonds is 6. The largest absolute Gasteiger partial charge is 0.382 e. The summed E-state index contributed by atoms with van der Waals surface area (Å²) in [6.45, 7) is 4.00. The monoisotopic (exact) mass is 203 g/mol. The van der Waals surface area contributed by atoms with Gasteiger partial charge in [-0.2, -0.15) is 0 Å². The van der Waals surface area contributed by atoms with Crippen molar-refractivity contribution in [1.29, 1.82) is 0 Å². The molecular formula is C10H21NO3. The third-order valence-electron chi connectivity index (χ3n) is 2.74. The molecule has 1 heterocycles. The van der Waals surface area contributed by atoms with Crippen LogP contribution in [-0.4, -0.2) is 52.7 Å². The van der Waals surface area contributed by atoms with E-state index in [-0.39, 0.29) is 5.60 Å². The summed E-state index contributed by atoms with van der Waals surface area (Å²) in [5.74, 6) is 0. The highest BCUT2D eigenvalue weighted by Crippen LogP contribution is 2.22. The number of hydrogen-bond acceptors (Lipinski definition) is 4. The van der Waals surface area contributed by atoms with E-state index in [1.54, 1.807) is 14.2 Å². The minimum atomic E-state index is -0.0704. The summed E-state index contributed by atoms with van der Waals surface area (Å²) in [6, 6.07) is 0. The fourth-order valence-electron chi connectivity index (χ4n) is 1.69. The van der Waals surface area contributed by atoms with Crippen molar-refractivity contribution in [2.24, 2.45) is 0 Å². The molecule has 0 spiro atoms. The van der Waals surface area contributed by atoms with Crippen LogP contribution in [0.4, 0.5) is 0 Å². The second kappa shape index (κ2) is 6.35. The minimum Gasteiger partial charge on any atom is -0.382 e. The Morgan fingerprint density at radius 3 is 2.43 bits per heavy atom. The third-order valence-corrected chi connectivity index (χ3v) is 2.74. The molecular weight excluding hydrogens is 182 g/mol. The number of nitrogens with one attached hydrogen (secondary N) is 1. The Balaban J connectivity index is 2.22. The maximum atomic E-state index is 5.55. The zero-order valence-electron chi connectivity index (χ0n) is 9.17. The summed E-state index contributed by atoms with van der Waals surface area (Å²) in [5, 5.41) is 3.32. The van der Waals surface area contributed by atoms with Crippen LogP contribution in [0.15, 0.2) is 0 Å². The Bertz CT molecular complexity index is 146. The van der Waals surface area contributed by atoms with Crippen LogP contribution in [0.1, 0.15) is 12.8 Å². The molecule has 1 aliphatic rings. The van der Waals surface area contributed by atoms with E-state index in [1.807, 2.05) is 0 Å². The van der Waals surface area contributed by atoms with E-state index >= 15 is 0 Å². The first kappa shape index (κ1) is 11.9. The third kappa shape index (κ3) is 3.53. The lowest BCUT2D eigenvalue weighted by Gasteiger charge is -2.35. The number of methoxy groups -OCH3 is 2. The Labute approximate surface area is 85.9 Å². The van der Waals surface area contributed by atoms with Crippen molar-refractivity contribution >= 4 is 0 Å². The van der Waals surface area contributed by atoms with Gasteiger partial charge in [0.05, 0.1) is 25.4 Å². The predicted molar refractivity (Wildman–Crippen MR) is 54.5 cm³/mol. The number of hydrogen-bond donors (Lipinski definition) is 1. The smallest absolute Gasteiger partial charge is 0.0935 e. The summed E-state index contributed by atoms with van der Waals surface area (Å²) >= 11 is 0. The van der Waals surface area contributed by atoms with E-state index in [1.165, 1.54) is 0 Å². The molecule has 0 unspecified atom stereocenters. The zero-order chi connectivity index (χ0) is 10.3. The van der Waals surface area contributed by atoms with Gasteiger partial charge in [-0.1, -0.05) is 0 Å². The van der Waals surface area contributed by atoms with Crippen LogP contribution in [0.5, 0.6) is 0 Å². The van der Waals surface area contributed by atoms with Crippen LogP contribution >= 0.6 is 0 Å². The number of piperidine rings is 1. The molecule has 1 fully saturated rings. The average Bonchev–Trinajstić information content (AvgIpc) is 2.26. The molecule has 1 rings (SSSR count). The Morgan fingerprint density at radius 1 is 1.14 bits per heavy atom. The van der Waals surface area contributed by atoms with Crippen molar-refractivity contribution in [2.75, 3.05) is 47.1 Å². The lowest BCUT2D eigenvalue weighted by Crippen LogP contribution is -2.46. The highest BCUT2D eigenvalue weighted by molar-refractivity contribution is 4.85. The molecule has 0 aromatic heterocycles. The van der Waals surface area contributed by atoms with Crippen LogP contribution in [0.3, 0.4) is 0 Å². The van der Waals surface area contributed by atoms with Gasteiger partial charge in [0.2, 0.25) is 0 Å². The van der Waals surface area contributed by atoms with Gasteiger partial charge >= 0.3 is 0 Å². The minimum absolute atomic E-state index is 0.0704. The molecule has 0 saturated carbocycles. The molecule has 14 heavy (non-hydrogen) atoms. The van der Waals surface area contributed by atoms with Gasteiger partial charge in [-0.15, -0.1) is 0 Å². The summed E-state index contributed by atoms with van der Waals surface area (Å²) in [4.78, 5) is 0. The maximum Gasteiger partial charge on any atom is 0.0935 e. The van der Waals surface area contributed by atoms with E-state index in [0.717, 1.165) is 25.9 Å². The van der Waals surface area contributed by atoms with E-state index in [2.05, 4.69) is 5.32 Å². The van der Waals surface area contributed by atoms with Gasteiger partial charge in [-0.25, -0.2) is 0 Å². The van der Waals surface area contributed by atoms with Crippen LogP contribution in [0, 0.1) is 0 Å². The molecule has 0 aromatic rings. The van der Waals surface area contributed by atoms with Gasteiger partial charge < -0.3 is 19.5 Å². The fourth-order valence-corrected chi connectivity index (χ4v) is 1.69. The van der Waals surface area contributed by atoms with Crippen LogP contribution < -0.4 is 5.32 Å². The maximum absolute atomic E-state index is 5.55. The van der Waals surface area contributed by atoms with Gasteiger partial charge in [0, 0.05) is 14.2 Å². The molecule has 0 bridgehead atoms. The Morgan fingerprint density at radius 2 is 1.86 bits per heavy atom. The topological polar surface area (TPSA) is 39.7 Å². The molecule has 1 N–H and O–H groups in total. The highest BCUT2D eigenvalue weighted by Gasteiger charge is 2.31. The lowest BCUT2D eigenvalue weighted by molar-refractivity contribution is -0.0963. The van der Waals surface area contributed by atoms with Crippen molar-refractivity contribution in [1.82, 2.24) is 5.32 Å². The molecule has 0 aromatic carbocycles. The van der Waals surface area contributed by atoms with Crippen LogP contribution in [0.25, 0.3) is 0 Å². The molecule has 0 radical (unpaired) electrons. The summed E-state index contributed by atoms with van der Waals surface area (Å²) < 4.78 is 16.0. The molecule has 0 aliphatic carbocycles. The highest BCUT2D eigenvalue weighted by atomic mass is 16.5. The molecule has 1 aliphatic heterocycles. The normalized spacial score (nSPS) is 21.0. The van der Waals surface area contributed by atoms with Gasteiger partial charge in [-0.3, -0.25) is 0 Å². The van der Waals surface area contributed by atoms with E-state index < -0.39 is 0 Å². The van der Waals surface area contributed by atoms with Gasteiger partial charge in [0.1, 0.15) is 0 Å². The lowest BCUT2D eigenvalue weighted by atomic mass is 9.93. The first-order chi connectivity index (χ1) is 6.83. The molecule has 84 valence electrons.